The number of hydrogen-bond acceptors (Lipinski definition) is 9. The summed E-state index contributed by atoms with van der Waals surface area (Å²) in [5.74, 6) is 0.110. The molecule has 0 spiro atoms. The number of carbonyl (C=O) groups excluding carboxylic acids is 1. The fourth-order valence-corrected chi connectivity index (χ4v) is 4.95. The summed E-state index contributed by atoms with van der Waals surface area (Å²) in [5, 5.41) is 4.04. The van der Waals surface area contributed by atoms with E-state index < -0.39 is 11.6 Å². The quantitative estimate of drug-likeness (QED) is 0.474. The number of ether oxygens (including phenoxy) is 2. The minimum absolute atomic E-state index is 0.0130. The van der Waals surface area contributed by atoms with Gasteiger partial charge in [0.25, 0.3) is 5.89 Å². The van der Waals surface area contributed by atoms with Crippen LogP contribution in [0, 0.1) is 11.6 Å². The average molecular weight is 543 g/mol. The molecule has 0 aliphatic carbocycles. The minimum Gasteiger partial charge on any atom is -0.447 e. The molecule has 2 aromatic heterocycles. The fraction of sp³-hybridized carbons (Fsp3) is 0.481. The molecule has 2 N–H and O–H groups in total. The van der Waals surface area contributed by atoms with Gasteiger partial charge in [0, 0.05) is 49.9 Å². The molecule has 2 atom stereocenters. The van der Waals surface area contributed by atoms with Crippen LogP contribution in [0.1, 0.15) is 44.1 Å². The maximum Gasteiger partial charge on any atom is 0.410 e. The van der Waals surface area contributed by atoms with E-state index in [0.29, 0.717) is 62.1 Å². The van der Waals surface area contributed by atoms with Gasteiger partial charge in [-0.15, -0.1) is 0 Å². The van der Waals surface area contributed by atoms with Crippen LogP contribution in [0.15, 0.2) is 41.1 Å². The SMILES string of the molecule is CC(C)OC(=O)N1CCC(OCc2nc(-c3ccc(N4C[C@H](c5cc(F)ccc5F)[C@@H](N)C4)nc3)no2)CC1. The lowest BCUT2D eigenvalue weighted by molar-refractivity contribution is -0.0147. The van der Waals surface area contributed by atoms with E-state index in [1.807, 2.05) is 30.9 Å². The number of nitrogens with zero attached hydrogens (tertiary/aromatic N) is 5. The fourth-order valence-electron chi connectivity index (χ4n) is 4.95. The average Bonchev–Trinajstić information content (AvgIpc) is 3.56. The standard InChI is InChI=1S/C27H32F2N6O4/c1-16(2)38-27(36)34-9-7-19(8-10-34)37-15-25-32-26(33-39-25)17-3-6-24(31-12-17)35-13-21(23(30)14-35)20-11-18(28)4-5-22(20)29/h3-6,11-12,16,19,21,23H,7-10,13-15,30H2,1-2H3/t21-,23+/m1/s1. The smallest absolute Gasteiger partial charge is 0.410 e. The number of nitrogens with two attached hydrogens (primary N) is 1. The molecule has 2 saturated heterocycles. The molecule has 0 bridgehead atoms. The van der Waals surface area contributed by atoms with Crippen LogP contribution in [0.4, 0.5) is 19.4 Å². The van der Waals surface area contributed by atoms with E-state index in [0.717, 1.165) is 12.1 Å². The summed E-state index contributed by atoms with van der Waals surface area (Å²) in [6.07, 6.45) is 2.59. The van der Waals surface area contributed by atoms with Crippen molar-refractivity contribution in [2.75, 3.05) is 31.1 Å². The number of halogens is 2. The van der Waals surface area contributed by atoms with Gasteiger partial charge in [-0.25, -0.2) is 18.6 Å². The van der Waals surface area contributed by atoms with E-state index in [4.69, 9.17) is 19.7 Å². The molecule has 2 aliphatic rings. The van der Waals surface area contributed by atoms with Crippen LogP contribution in [-0.4, -0.2) is 70.5 Å². The first-order valence-electron chi connectivity index (χ1n) is 13.1. The first-order chi connectivity index (χ1) is 18.8. The third kappa shape index (κ3) is 6.34. The number of anilines is 1. The molecule has 208 valence electrons. The van der Waals surface area contributed by atoms with Crippen molar-refractivity contribution in [2.24, 2.45) is 5.73 Å². The zero-order chi connectivity index (χ0) is 27.5. The van der Waals surface area contributed by atoms with Crippen LogP contribution >= 0.6 is 0 Å². The van der Waals surface area contributed by atoms with Crippen molar-refractivity contribution in [2.45, 2.75) is 57.5 Å². The zero-order valence-electron chi connectivity index (χ0n) is 21.9. The van der Waals surface area contributed by atoms with Gasteiger partial charge in [-0.1, -0.05) is 5.16 Å². The minimum atomic E-state index is -0.488. The molecular formula is C27H32F2N6O4. The van der Waals surface area contributed by atoms with Crippen LogP contribution in [0.5, 0.6) is 0 Å². The summed E-state index contributed by atoms with van der Waals surface area (Å²) in [5.41, 5.74) is 7.22. The van der Waals surface area contributed by atoms with E-state index in [1.54, 1.807) is 11.1 Å². The summed E-state index contributed by atoms with van der Waals surface area (Å²) in [7, 11) is 0. The Morgan fingerprint density at radius 1 is 1.18 bits per heavy atom. The van der Waals surface area contributed by atoms with Gasteiger partial charge in [0.1, 0.15) is 24.1 Å². The van der Waals surface area contributed by atoms with Crippen LogP contribution in [0.25, 0.3) is 11.4 Å². The Labute approximate surface area is 225 Å². The van der Waals surface area contributed by atoms with Gasteiger partial charge < -0.3 is 29.5 Å². The Bertz CT molecular complexity index is 1280. The number of benzene rings is 1. The van der Waals surface area contributed by atoms with Crippen molar-refractivity contribution in [3.63, 3.8) is 0 Å². The number of likely N-dealkylation sites (tertiary alicyclic amines) is 1. The molecule has 1 amide bonds. The highest BCUT2D eigenvalue weighted by molar-refractivity contribution is 5.67. The van der Waals surface area contributed by atoms with E-state index in [2.05, 4.69) is 15.1 Å². The molecule has 3 aromatic rings. The normalized spacial score (nSPS) is 20.2. The highest BCUT2D eigenvalue weighted by Gasteiger charge is 2.34. The molecule has 10 nitrogen and oxygen atoms in total. The van der Waals surface area contributed by atoms with E-state index >= 15 is 0 Å². The Hall–Kier alpha value is -3.64. The number of carbonyl (C=O) groups is 1. The summed E-state index contributed by atoms with van der Waals surface area (Å²) < 4.78 is 44.5. The van der Waals surface area contributed by atoms with Gasteiger partial charge in [0.05, 0.1) is 12.2 Å². The largest absolute Gasteiger partial charge is 0.447 e. The second-order valence-electron chi connectivity index (χ2n) is 10.2. The predicted molar refractivity (Wildman–Crippen MR) is 138 cm³/mol. The van der Waals surface area contributed by atoms with Crippen LogP contribution in [0.3, 0.4) is 0 Å². The maximum atomic E-state index is 14.3. The first-order valence-corrected chi connectivity index (χ1v) is 13.1. The molecule has 0 unspecified atom stereocenters. The van der Waals surface area contributed by atoms with Crippen molar-refractivity contribution in [1.82, 2.24) is 20.0 Å². The van der Waals surface area contributed by atoms with Gasteiger partial charge in [0.2, 0.25) is 5.82 Å². The Morgan fingerprint density at radius 2 is 1.97 bits per heavy atom. The number of amides is 1. The third-order valence-electron chi connectivity index (χ3n) is 7.00. The molecule has 1 aromatic carbocycles. The van der Waals surface area contributed by atoms with Crippen molar-refractivity contribution >= 4 is 11.9 Å². The molecule has 2 aliphatic heterocycles. The van der Waals surface area contributed by atoms with Gasteiger partial charge in [-0.2, -0.15) is 4.98 Å². The summed E-state index contributed by atoms with van der Waals surface area (Å²) in [4.78, 5) is 24.6. The molecular weight excluding hydrogens is 510 g/mol. The maximum absolute atomic E-state index is 14.3. The Balaban J connectivity index is 1.13. The molecule has 39 heavy (non-hydrogen) atoms. The number of pyridine rings is 1. The molecule has 12 heteroatoms. The Kier molecular flexibility index (Phi) is 8.03. The second kappa shape index (κ2) is 11.6. The summed E-state index contributed by atoms with van der Waals surface area (Å²) in [6, 6.07) is 6.73. The van der Waals surface area contributed by atoms with Crippen molar-refractivity contribution in [3.05, 3.63) is 59.6 Å². The molecule has 2 fully saturated rings. The lowest BCUT2D eigenvalue weighted by Crippen LogP contribution is -2.41. The van der Waals surface area contributed by atoms with Gasteiger partial charge in [0.15, 0.2) is 0 Å². The predicted octanol–water partition coefficient (Wildman–Crippen LogP) is 3.87. The van der Waals surface area contributed by atoms with Crippen LogP contribution in [-0.2, 0) is 16.1 Å². The van der Waals surface area contributed by atoms with E-state index in [-0.39, 0.29) is 42.4 Å². The topological polar surface area (TPSA) is 120 Å². The molecule has 5 rings (SSSR count). The van der Waals surface area contributed by atoms with Crippen molar-refractivity contribution < 1.29 is 27.6 Å². The van der Waals surface area contributed by atoms with Gasteiger partial charge in [-0.05, 0) is 62.6 Å². The molecule has 0 radical (unpaired) electrons. The Morgan fingerprint density at radius 3 is 2.69 bits per heavy atom. The van der Waals surface area contributed by atoms with Crippen LogP contribution in [0.2, 0.25) is 0 Å². The number of aromatic nitrogens is 3. The first kappa shape index (κ1) is 26.9. The van der Waals surface area contributed by atoms with Crippen molar-refractivity contribution in [1.29, 1.82) is 0 Å². The van der Waals surface area contributed by atoms with Gasteiger partial charge in [-0.3, -0.25) is 0 Å². The van der Waals surface area contributed by atoms with E-state index in [9.17, 15) is 13.6 Å². The highest BCUT2D eigenvalue weighted by atomic mass is 19.1. The van der Waals surface area contributed by atoms with Crippen molar-refractivity contribution in [3.8, 4) is 11.4 Å². The van der Waals surface area contributed by atoms with Crippen LogP contribution < -0.4 is 10.6 Å². The zero-order valence-corrected chi connectivity index (χ0v) is 21.9. The van der Waals surface area contributed by atoms with E-state index in [1.165, 1.54) is 6.07 Å². The second-order valence-corrected chi connectivity index (χ2v) is 10.2. The molecule has 4 heterocycles. The number of hydrogen-bond donors (Lipinski definition) is 1. The summed E-state index contributed by atoms with van der Waals surface area (Å²) >= 11 is 0. The monoisotopic (exact) mass is 542 g/mol. The number of rotatable bonds is 7. The lowest BCUT2D eigenvalue weighted by Gasteiger charge is -2.31. The van der Waals surface area contributed by atoms with Gasteiger partial charge >= 0.3 is 6.09 Å². The third-order valence-corrected chi connectivity index (χ3v) is 7.00. The number of piperidine rings is 1. The lowest BCUT2D eigenvalue weighted by atomic mass is 9.94. The summed E-state index contributed by atoms with van der Waals surface area (Å²) in [6.45, 7) is 5.86. The highest BCUT2D eigenvalue weighted by Crippen LogP contribution is 2.32. The molecule has 0 saturated carbocycles.